The summed E-state index contributed by atoms with van der Waals surface area (Å²) in [5.74, 6) is 0.871. The van der Waals surface area contributed by atoms with E-state index in [1.54, 1.807) is 25.1 Å². The summed E-state index contributed by atoms with van der Waals surface area (Å²) in [6.45, 7) is 9.57. The maximum absolute atomic E-state index is 13.7. The van der Waals surface area contributed by atoms with Gasteiger partial charge < -0.3 is 19.6 Å². The first-order valence-electron chi connectivity index (χ1n) is 14.4. The molecule has 10 heteroatoms. The fourth-order valence-electron chi connectivity index (χ4n) is 6.50. The summed E-state index contributed by atoms with van der Waals surface area (Å²) in [6.07, 6.45) is 2.20. The first-order valence-corrected chi connectivity index (χ1v) is 15.5. The van der Waals surface area contributed by atoms with E-state index in [4.69, 9.17) is 34.8 Å². The fourth-order valence-corrected chi connectivity index (χ4v) is 7.05. The summed E-state index contributed by atoms with van der Waals surface area (Å²) >= 11 is 18.8. The maximum atomic E-state index is 13.7. The molecule has 3 saturated heterocycles. The Morgan fingerprint density at radius 3 is 2.20 bits per heavy atom. The van der Waals surface area contributed by atoms with Crippen molar-refractivity contribution >= 4 is 58.2 Å². The summed E-state index contributed by atoms with van der Waals surface area (Å²) in [6, 6.07) is 10.8. The van der Waals surface area contributed by atoms with Crippen molar-refractivity contribution in [1.29, 1.82) is 0 Å². The highest BCUT2D eigenvalue weighted by molar-refractivity contribution is 6.35. The van der Waals surface area contributed by atoms with E-state index in [2.05, 4.69) is 4.90 Å². The number of piperidine rings is 1. The SMILES string of the molecule is CC(=O)N1CCC(C(=O)N(CCCN2CC3CN(C(=O)c4cc(Cl)ccc4Cl)CC3C2)c2ccc(C)c(Cl)c2)CC1. The molecule has 0 spiro atoms. The third-order valence-corrected chi connectivity index (χ3v) is 9.86. The first kappa shape index (κ1) is 30.1. The molecule has 0 aromatic heterocycles. The van der Waals surface area contributed by atoms with E-state index in [1.165, 1.54) is 0 Å². The zero-order valence-corrected chi connectivity index (χ0v) is 25.9. The molecule has 0 bridgehead atoms. The van der Waals surface area contributed by atoms with E-state index in [0.29, 0.717) is 78.0 Å². The van der Waals surface area contributed by atoms with Gasteiger partial charge in [0.15, 0.2) is 0 Å². The summed E-state index contributed by atoms with van der Waals surface area (Å²) in [5, 5.41) is 1.58. The summed E-state index contributed by atoms with van der Waals surface area (Å²) in [4.78, 5) is 46.7. The van der Waals surface area contributed by atoms with Crippen LogP contribution < -0.4 is 4.90 Å². The van der Waals surface area contributed by atoms with Crippen LogP contribution in [0.1, 0.15) is 42.1 Å². The number of halogens is 3. The number of benzene rings is 2. The van der Waals surface area contributed by atoms with Gasteiger partial charge in [0.1, 0.15) is 0 Å². The number of carbonyl (C=O) groups excluding carboxylic acids is 3. The molecule has 3 amide bonds. The first-order chi connectivity index (χ1) is 19.6. The molecule has 0 N–H and O–H groups in total. The highest BCUT2D eigenvalue weighted by Crippen LogP contribution is 2.34. The molecule has 0 radical (unpaired) electrons. The average molecular weight is 620 g/mol. The third kappa shape index (κ3) is 6.85. The summed E-state index contributed by atoms with van der Waals surface area (Å²) in [5.41, 5.74) is 2.27. The normalized spacial score (nSPS) is 21.3. The number of likely N-dealkylation sites (tertiary alicyclic amines) is 3. The van der Waals surface area contributed by atoms with Crippen molar-refractivity contribution in [3.05, 3.63) is 62.6 Å². The zero-order chi connectivity index (χ0) is 29.3. The van der Waals surface area contributed by atoms with Gasteiger partial charge in [-0.25, -0.2) is 0 Å². The van der Waals surface area contributed by atoms with E-state index in [9.17, 15) is 14.4 Å². The van der Waals surface area contributed by atoms with Crippen LogP contribution in [0, 0.1) is 24.7 Å². The van der Waals surface area contributed by atoms with Gasteiger partial charge in [-0.1, -0.05) is 40.9 Å². The van der Waals surface area contributed by atoms with E-state index in [-0.39, 0.29) is 23.6 Å². The maximum Gasteiger partial charge on any atom is 0.255 e. The van der Waals surface area contributed by atoms with Gasteiger partial charge in [0, 0.05) is 74.4 Å². The lowest BCUT2D eigenvalue weighted by atomic mass is 9.94. The Hall–Kier alpha value is -2.32. The molecule has 5 rings (SSSR count). The molecule has 2 aromatic carbocycles. The van der Waals surface area contributed by atoms with E-state index in [0.717, 1.165) is 37.3 Å². The van der Waals surface area contributed by atoms with Crippen LogP contribution in [0.15, 0.2) is 36.4 Å². The minimum Gasteiger partial charge on any atom is -0.343 e. The van der Waals surface area contributed by atoms with Gasteiger partial charge in [0.05, 0.1) is 10.6 Å². The molecular formula is C31H37Cl3N4O3. The summed E-state index contributed by atoms with van der Waals surface area (Å²) < 4.78 is 0. The lowest BCUT2D eigenvalue weighted by Crippen LogP contribution is -2.44. The molecule has 2 unspecified atom stereocenters. The molecule has 3 aliphatic heterocycles. The lowest BCUT2D eigenvalue weighted by molar-refractivity contribution is -0.133. The Balaban J connectivity index is 1.17. The smallest absolute Gasteiger partial charge is 0.255 e. The molecule has 3 heterocycles. The van der Waals surface area contributed by atoms with Gasteiger partial charge in [0.25, 0.3) is 5.91 Å². The Labute approximate surface area is 257 Å². The number of carbonyl (C=O) groups is 3. The molecule has 0 saturated carbocycles. The number of hydrogen-bond donors (Lipinski definition) is 0. The van der Waals surface area contributed by atoms with Crippen molar-refractivity contribution in [3.8, 4) is 0 Å². The number of fused-ring (bicyclic) bond motifs is 1. The van der Waals surface area contributed by atoms with Crippen molar-refractivity contribution in [2.45, 2.75) is 33.1 Å². The molecule has 41 heavy (non-hydrogen) atoms. The molecular weight excluding hydrogens is 583 g/mol. The van der Waals surface area contributed by atoms with Crippen LogP contribution in [0.2, 0.25) is 15.1 Å². The van der Waals surface area contributed by atoms with Crippen LogP contribution in [-0.2, 0) is 9.59 Å². The molecule has 3 aliphatic rings. The quantitative estimate of drug-likeness (QED) is 0.403. The van der Waals surface area contributed by atoms with Crippen LogP contribution in [-0.4, -0.2) is 84.8 Å². The standard InChI is InChI=1S/C31H37Cl3N4O3/c1-20-4-6-26(15-29(20)34)38(30(40)22-8-12-36(13-9-22)21(2)39)11-3-10-35-16-23-18-37(19-24(23)17-35)31(41)27-14-25(32)5-7-28(27)33/h4-7,14-15,22-24H,3,8-13,16-19H2,1-2H3. The minimum absolute atomic E-state index is 0.0569. The third-order valence-electron chi connectivity index (χ3n) is 8.89. The van der Waals surface area contributed by atoms with Crippen molar-refractivity contribution in [1.82, 2.24) is 14.7 Å². The van der Waals surface area contributed by atoms with Crippen molar-refractivity contribution in [2.75, 3.05) is 57.3 Å². The molecule has 2 aromatic rings. The minimum atomic E-state index is -0.103. The monoisotopic (exact) mass is 618 g/mol. The Morgan fingerprint density at radius 1 is 0.878 bits per heavy atom. The number of nitrogens with zero attached hydrogens (tertiary/aromatic N) is 4. The van der Waals surface area contributed by atoms with Gasteiger partial charge in [-0.2, -0.15) is 0 Å². The van der Waals surface area contributed by atoms with Crippen LogP contribution in [0.3, 0.4) is 0 Å². The number of hydrogen-bond acceptors (Lipinski definition) is 4. The molecule has 0 aliphatic carbocycles. The number of amides is 3. The lowest BCUT2D eigenvalue weighted by Gasteiger charge is -2.34. The van der Waals surface area contributed by atoms with Crippen LogP contribution in [0.25, 0.3) is 0 Å². The van der Waals surface area contributed by atoms with E-state index in [1.807, 2.05) is 39.8 Å². The van der Waals surface area contributed by atoms with Crippen LogP contribution in [0.4, 0.5) is 5.69 Å². The molecule has 3 fully saturated rings. The van der Waals surface area contributed by atoms with Gasteiger partial charge >= 0.3 is 0 Å². The van der Waals surface area contributed by atoms with Gasteiger partial charge in [-0.15, -0.1) is 0 Å². The predicted octanol–water partition coefficient (Wildman–Crippen LogP) is 5.64. The fraction of sp³-hybridized carbons (Fsp3) is 0.516. The molecule has 7 nitrogen and oxygen atoms in total. The Kier molecular flexibility index (Phi) is 9.49. The van der Waals surface area contributed by atoms with Crippen LogP contribution in [0.5, 0.6) is 0 Å². The van der Waals surface area contributed by atoms with Crippen molar-refractivity contribution in [3.63, 3.8) is 0 Å². The van der Waals surface area contributed by atoms with Crippen molar-refractivity contribution < 1.29 is 14.4 Å². The van der Waals surface area contributed by atoms with Gasteiger partial charge in [-0.05, 0) is 80.5 Å². The molecule has 220 valence electrons. The zero-order valence-electron chi connectivity index (χ0n) is 23.6. The largest absolute Gasteiger partial charge is 0.343 e. The second-order valence-electron chi connectivity index (χ2n) is 11.7. The molecule has 2 atom stereocenters. The Morgan fingerprint density at radius 2 is 1.56 bits per heavy atom. The summed E-state index contributed by atoms with van der Waals surface area (Å²) in [7, 11) is 0. The number of rotatable bonds is 7. The highest BCUT2D eigenvalue weighted by atomic mass is 35.5. The predicted molar refractivity (Wildman–Crippen MR) is 164 cm³/mol. The van der Waals surface area contributed by atoms with E-state index < -0.39 is 0 Å². The van der Waals surface area contributed by atoms with Crippen LogP contribution >= 0.6 is 34.8 Å². The number of anilines is 1. The van der Waals surface area contributed by atoms with E-state index >= 15 is 0 Å². The van der Waals surface area contributed by atoms with Gasteiger partial charge in [0.2, 0.25) is 11.8 Å². The number of aryl methyl sites for hydroxylation is 1. The average Bonchev–Trinajstić information content (AvgIpc) is 3.52. The second-order valence-corrected chi connectivity index (χ2v) is 12.9. The van der Waals surface area contributed by atoms with Crippen molar-refractivity contribution in [2.24, 2.45) is 17.8 Å². The Bertz CT molecular complexity index is 1300. The van der Waals surface area contributed by atoms with Gasteiger partial charge in [-0.3, -0.25) is 14.4 Å². The highest BCUT2D eigenvalue weighted by Gasteiger charge is 2.42. The topological polar surface area (TPSA) is 64.2 Å². The second kappa shape index (κ2) is 12.9.